The average Bonchev–Trinajstić information content (AvgIpc) is 2.39. The molecular formula is C14H20ClNO3. The van der Waals surface area contributed by atoms with Crippen LogP contribution >= 0.6 is 11.6 Å². The third-order valence-corrected chi connectivity index (χ3v) is 3.43. The van der Waals surface area contributed by atoms with Crippen molar-refractivity contribution < 1.29 is 14.6 Å². The maximum atomic E-state index is 11.4. The molecule has 0 saturated heterocycles. The van der Waals surface area contributed by atoms with Gasteiger partial charge in [0.05, 0.1) is 7.11 Å². The van der Waals surface area contributed by atoms with Gasteiger partial charge in [-0.2, -0.15) is 0 Å². The molecule has 1 aromatic rings. The fourth-order valence-corrected chi connectivity index (χ4v) is 2.35. The zero-order chi connectivity index (χ0) is 14.4. The summed E-state index contributed by atoms with van der Waals surface area (Å²) in [5.74, 6) is -0.159. The summed E-state index contributed by atoms with van der Waals surface area (Å²) >= 11 is 5.97. The minimum atomic E-state index is -0.828. The van der Waals surface area contributed by atoms with Crippen LogP contribution in [-0.4, -0.2) is 42.2 Å². The highest BCUT2D eigenvalue weighted by atomic mass is 35.5. The highest BCUT2D eigenvalue weighted by molar-refractivity contribution is 6.30. The molecule has 0 bridgehead atoms. The summed E-state index contributed by atoms with van der Waals surface area (Å²) in [6, 6.07) is 4.69. The van der Waals surface area contributed by atoms with Gasteiger partial charge in [-0.3, -0.25) is 9.69 Å². The zero-order valence-electron chi connectivity index (χ0n) is 11.5. The SMILES string of the molecule is CCN(CC)[C@H](Cc1cc(Cl)ccc1OC)C(=O)O. The monoisotopic (exact) mass is 285 g/mol. The van der Waals surface area contributed by atoms with Crippen LogP contribution in [0.15, 0.2) is 18.2 Å². The Bertz CT molecular complexity index is 433. The van der Waals surface area contributed by atoms with Crippen molar-refractivity contribution in [2.45, 2.75) is 26.3 Å². The first-order valence-corrected chi connectivity index (χ1v) is 6.70. The van der Waals surface area contributed by atoms with E-state index in [-0.39, 0.29) is 0 Å². The van der Waals surface area contributed by atoms with Gasteiger partial charge in [0.1, 0.15) is 11.8 Å². The second kappa shape index (κ2) is 7.36. The van der Waals surface area contributed by atoms with Gasteiger partial charge in [-0.05, 0) is 36.9 Å². The molecule has 0 aromatic heterocycles. The second-order valence-corrected chi connectivity index (χ2v) is 4.67. The minimum absolute atomic E-state index is 0.376. The number of likely N-dealkylation sites (N-methyl/N-ethyl adjacent to an activating group) is 1. The van der Waals surface area contributed by atoms with E-state index >= 15 is 0 Å². The van der Waals surface area contributed by atoms with Crippen molar-refractivity contribution in [2.24, 2.45) is 0 Å². The lowest BCUT2D eigenvalue weighted by Crippen LogP contribution is -2.42. The number of hydrogen-bond donors (Lipinski definition) is 1. The van der Waals surface area contributed by atoms with E-state index in [9.17, 15) is 9.90 Å². The Morgan fingerprint density at radius 2 is 2.05 bits per heavy atom. The van der Waals surface area contributed by atoms with Crippen LogP contribution in [0.2, 0.25) is 5.02 Å². The number of aliphatic carboxylic acids is 1. The summed E-state index contributed by atoms with van der Waals surface area (Å²) in [5.41, 5.74) is 0.814. The smallest absolute Gasteiger partial charge is 0.321 e. The van der Waals surface area contributed by atoms with Gasteiger partial charge < -0.3 is 9.84 Å². The quantitative estimate of drug-likeness (QED) is 0.837. The third-order valence-electron chi connectivity index (χ3n) is 3.19. The molecule has 1 rings (SSSR count). The average molecular weight is 286 g/mol. The van der Waals surface area contributed by atoms with Gasteiger partial charge in [0.25, 0.3) is 0 Å². The van der Waals surface area contributed by atoms with Crippen LogP contribution in [0.25, 0.3) is 0 Å². The maximum Gasteiger partial charge on any atom is 0.321 e. The largest absolute Gasteiger partial charge is 0.496 e. The molecule has 4 nitrogen and oxygen atoms in total. The van der Waals surface area contributed by atoms with Crippen LogP contribution in [0.5, 0.6) is 5.75 Å². The van der Waals surface area contributed by atoms with Crippen LogP contribution in [0.1, 0.15) is 19.4 Å². The standard InChI is InChI=1S/C14H20ClNO3/c1-4-16(5-2)12(14(17)18)9-10-8-11(15)6-7-13(10)19-3/h6-8,12H,4-5,9H2,1-3H3,(H,17,18)/t12-/m1/s1. The van der Waals surface area contributed by atoms with Crippen molar-refractivity contribution in [3.8, 4) is 5.75 Å². The molecule has 5 heteroatoms. The minimum Gasteiger partial charge on any atom is -0.496 e. The van der Waals surface area contributed by atoms with Crippen molar-refractivity contribution in [1.29, 1.82) is 0 Å². The normalized spacial score (nSPS) is 12.5. The summed E-state index contributed by atoms with van der Waals surface area (Å²) in [4.78, 5) is 13.3. The maximum absolute atomic E-state index is 11.4. The van der Waals surface area contributed by atoms with Crippen molar-refractivity contribution in [3.05, 3.63) is 28.8 Å². The van der Waals surface area contributed by atoms with Gasteiger partial charge in [-0.15, -0.1) is 0 Å². The number of nitrogens with zero attached hydrogens (tertiary/aromatic N) is 1. The van der Waals surface area contributed by atoms with Crippen molar-refractivity contribution in [3.63, 3.8) is 0 Å². The number of ether oxygens (including phenoxy) is 1. The molecule has 0 aliphatic heterocycles. The Labute approximate surface area is 118 Å². The molecule has 1 N–H and O–H groups in total. The Hall–Kier alpha value is -1.26. The van der Waals surface area contributed by atoms with E-state index in [0.717, 1.165) is 5.56 Å². The summed E-state index contributed by atoms with van der Waals surface area (Å²) in [5, 5.41) is 9.97. The van der Waals surface area contributed by atoms with Crippen LogP contribution in [-0.2, 0) is 11.2 Å². The second-order valence-electron chi connectivity index (χ2n) is 4.24. The van der Waals surface area contributed by atoms with Crippen LogP contribution in [0.4, 0.5) is 0 Å². The summed E-state index contributed by atoms with van der Waals surface area (Å²) in [6.07, 6.45) is 0.376. The molecule has 0 aliphatic rings. The summed E-state index contributed by atoms with van der Waals surface area (Å²) in [6.45, 7) is 5.29. The number of hydrogen-bond acceptors (Lipinski definition) is 3. The van der Waals surface area contributed by atoms with Gasteiger partial charge in [0.15, 0.2) is 0 Å². The number of carboxylic acids is 1. The first kappa shape index (κ1) is 15.8. The molecule has 0 aliphatic carbocycles. The van der Waals surface area contributed by atoms with Gasteiger partial charge in [0.2, 0.25) is 0 Å². The molecular weight excluding hydrogens is 266 g/mol. The van der Waals surface area contributed by atoms with Crippen LogP contribution in [0.3, 0.4) is 0 Å². The van der Waals surface area contributed by atoms with E-state index in [4.69, 9.17) is 16.3 Å². The van der Waals surface area contributed by atoms with Crippen LogP contribution in [0, 0.1) is 0 Å². The predicted molar refractivity (Wildman–Crippen MR) is 76.1 cm³/mol. The van der Waals surface area contributed by atoms with Gasteiger partial charge in [-0.25, -0.2) is 0 Å². The zero-order valence-corrected chi connectivity index (χ0v) is 12.3. The highest BCUT2D eigenvalue weighted by Crippen LogP contribution is 2.25. The highest BCUT2D eigenvalue weighted by Gasteiger charge is 2.25. The predicted octanol–water partition coefficient (Wildman–Crippen LogP) is 2.69. The Morgan fingerprint density at radius 3 is 2.53 bits per heavy atom. The van der Waals surface area contributed by atoms with E-state index in [0.29, 0.717) is 30.3 Å². The van der Waals surface area contributed by atoms with Gasteiger partial charge in [0, 0.05) is 11.4 Å². The van der Waals surface area contributed by atoms with E-state index in [2.05, 4.69) is 0 Å². The first-order chi connectivity index (χ1) is 9.03. The van der Waals surface area contributed by atoms with E-state index in [1.807, 2.05) is 18.7 Å². The molecule has 19 heavy (non-hydrogen) atoms. The molecule has 1 atom stereocenters. The number of halogens is 1. The molecule has 106 valence electrons. The Morgan fingerprint density at radius 1 is 1.42 bits per heavy atom. The molecule has 0 fully saturated rings. The molecule has 0 spiro atoms. The fraction of sp³-hybridized carbons (Fsp3) is 0.500. The van der Waals surface area contributed by atoms with Crippen LogP contribution < -0.4 is 4.74 Å². The molecule has 1 aromatic carbocycles. The Balaban J connectivity index is 3.02. The van der Waals surface area contributed by atoms with Crippen molar-refractivity contribution in [2.75, 3.05) is 20.2 Å². The lowest BCUT2D eigenvalue weighted by atomic mass is 10.0. The van der Waals surface area contributed by atoms with E-state index in [1.165, 1.54) is 0 Å². The molecule has 0 saturated carbocycles. The number of carbonyl (C=O) groups is 1. The lowest BCUT2D eigenvalue weighted by Gasteiger charge is -2.26. The van der Waals surface area contributed by atoms with E-state index < -0.39 is 12.0 Å². The number of carboxylic acid groups (broad SMARTS) is 1. The van der Waals surface area contributed by atoms with Gasteiger partial charge in [-0.1, -0.05) is 25.4 Å². The Kier molecular flexibility index (Phi) is 6.12. The van der Waals surface area contributed by atoms with E-state index in [1.54, 1.807) is 25.3 Å². The van der Waals surface area contributed by atoms with Gasteiger partial charge >= 0.3 is 5.97 Å². The van der Waals surface area contributed by atoms with Crippen molar-refractivity contribution >= 4 is 17.6 Å². The fourth-order valence-electron chi connectivity index (χ4n) is 2.15. The lowest BCUT2D eigenvalue weighted by molar-refractivity contribution is -0.143. The van der Waals surface area contributed by atoms with Crippen molar-refractivity contribution in [1.82, 2.24) is 4.90 Å². The topological polar surface area (TPSA) is 49.8 Å². The number of benzene rings is 1. The molecule has 0 unspecified atom stereocenters. The molecule has 0 heterocycles. The number of methoxy groups -OCH3 is 1. The number of rotatable bonds is 7. The summed E-state index contributed by atoms with van der Waals surface area (Å²) < 4.78 is 5.26. The summed E-state index contributed by atoms with van der Waals surface area (Å²) in [7, 11) is 1.57. The molecule has 0 amide bonds. The molecule has 0 radical (unpaired) electrons. The first-order valence-electron chi connectivity index (χ1n) is 6.32. The third kappa shape index (κ3) is 4.11.